The number of nitrogens with zero attached hydrogens (tertiary/aromatic N) is 1. The molecule has 3 rings (SSSR count). The zero-order valence-corrected chi connectivity index (χ0v) is 25.7. The predicted octanol–water partition coefficient (Wildman–Crippen LogP) is 9.69. The van der Waals surface area contributed by atoms with Crippen molar-refractivity contribution >= 4 is 81.4 Å². The molecule has 0 radical (unpaired) electrons. The Morgan fingerprint density at radius 3 is 1.56 bits per heavy atom. The maximum Gasteiger partial charge on any atom is 0.235 e. The molecule has 0 aromatic heterocycles. The molecule has 0 aromatic carbocycles. The van der Waals surface area contributed by atoms with Gasteiger partial charge in [0.1, 0.15) is 4.33 Å². The number of halogens is 6. The van der Waals surface area contributed by atoms with Crippen LogP contribution in [0.4, 0.5) is 0 Å². The second-order valence-corrected chi connectivity index (χ2v) is 14.7. The van der Waals surface area contributed by atoms with Gasteiger partial charge in [-0.3, -0.25) is 14.5 Å². The minimum Gasteiger partial charge on any atom is -0.282 e. The van der Waals surface area contributed by atoms with E-state index in [9.17, 15) is 9.59 Å². The van der Waals surface area contributed by atoms with Crippen molar-refractivity contribution in [2.75, 3.05) is 6.54 Å². The molecule has 0 N–H and O–H groups in total. The van der Waals surface area contributed by atoms with Gasteiger partial charge in [0.15, 0.2) is 0 Å². The standard InChI is InChI=1S/C27H39Cl6NO2/c1-2-3-4-5-6-7-9-12-15-25(30,31)16-13-10-8-11-14-17-34-23(35)19-20(24(34)36)27(33)18-26(19,32)21(28)22(27)29/h19-20H,2-18H2,1H3. The topological polar surface area (TPSA) is 37.4 Å². The van der Waals surface area contributed by atoms with E-state index < -0.39 is 25.9 Å². The summed E-state index contributed by atoms with van der Waals surface area (Å²) in [6, 6.07) is 0. The van der Waals surface area contributed by atoms with Gasteiger partial charge in [-0.05, 0) is 25.7 Å². The van der Waals surface area contributed by atoms with Crippen molar-refractivity contribution in [2.45, 2.75) is 124 Å². The summed E-state index contributed by atoms with van der Waals surface area (Å²) in [5.74, 6) is -2.03. The van der Waals surface area contributed by atoms with Crippen LogP contribution in [0.25, 0.3) is 0 Å². The predicted molar refractivity (Wildman–Crippen MR) is 154 cm³/mol. The van der Waals surface area contributed by atoms with Gasteiger partial charge in [-0.1, -0.05) is 107 Å². The lowest BCUT2D eigenvalue weighted by atomic mass is 9.84. The molecule has 36 heavy (non-hydrogen) atoms. The molecule has 9 heteroatoms. The summed E-state index contributed by atoms with van der Waals surface area (Å²) < 4.78 is -0.640. The van der Waals surface area contributed by atoms with Gasteiger partial charge in [0.25, 0.3) is 0 Å². The van der Waals surface area contributed by atoms with Crippen LogP contribution in [0.2, 0.25) is 0 Å². The van der Waals surface area contributed by atoms with Gasteiger partial charge in [-0.2, -0.15) is 0 Å². The van der Waals surface area contributed by atoms with E-state index in [0.29, 0.717) is 6.54 Å². The molecule has 0 spiro atoms. The van der Waals surface area contributed by atoms with Crippen LogP contribution in [0.1, 0.15) is 110 Å². The number of fused-ring (bicyclic) bond motifs is 5. The van der Waals surface area contributed by atoms with Crippen molar-refractivity contribution in [1.29, 1.82) is 0 Å². The summed E-state index contributed by atoms with van der Waals surface area (Å²) in [6.07, 6.45) is 16.7. The minimum atomic E-state index is -1.17. The monoisotopic (exact) mass is 619 g/mol. The lowest BCUT2D eigenvalue weighted by molar-refractivity contribution is -0.140. The summed E-state index contributed by atoms with van der Waals surface area (Å²) in [6.45, 7) is 2.61. The van der Waals surface area contributed by atoms with E-state index in [-0.39, 0.29) is 28.3 Å². The molecule has 0 aromatic rings. The first-order chi connectivity index (χ1) is 17.0. The Morgan fingerprint density at radius 1 is 0.722 bits per heavy atom. The van der Waals surface area contributed by atoms with Crippen LogP contribution in [0, 0.1) is 11.8 Å². The normalized spacial score (nSPS) is 29.7. The van der Waals surface area contributed by atoms with E-state index in [1.807, 2.05) is 0 Å². The molecule has 1 aliphatic heterocycles. The highest BCUT2D eigenvalue weighted by Gasteiger charge is 2.76. The maximum atomic E-state index is 13.1. The second-order valence-electron chi connectivity index (χ2n) is 10.9. The van der Waals surface area contributed by atoms with E-state index in [1.165, 1.54) is 49.8 Å². The zero-order valence-electron chi connectivity index (χ0n) is 21.2. The van der Waals surface area contributed by atoms with Gasteiger partial charge in [0, 0.05) is 6.54 Å². The molecule has 3 aliphatic rings. The molecule has 2 amide bonds. The smallest absolute Gasteiger partial charge is 0.235 e. The number of amides is 2. The molecule has 2 fully saturated rings. The maximum absolute atomic E-state index is 13.1. The Morgan fingerprint density at radius 2 is 1.11 bits per heavy atom. The number of hydrogen-bond acceptors (Lipinski definition) is 2. The summed E-state index contributed by atoms with van der Waals surface area (Å²) in [4.78, 5) is 25.1. The first-order valence-electron chi connectivity index (χ1n) is 13.7. The molecule has 206 valence electrons. The van der Waals surface area contributed by atoms with Crippen LogP contribution in [-0.4, -0.2) is 37.3 Å². The van der Waals surface area contributed by atoms with Gasteiger partial charge in [0.05, 0.1) is 31.6 Å². The largest absolute Gasteiger partial charge is 0.282 e. The van der Waals surface area contributed by atoms with Crippen LogP contribution >= 0.6 is 69.6 Å². The molecular weight excluding hydrogens is 583 g/mol. The number of likely N-dealkylation sites (tertiary alicyclic amines) is 1. The third-order valence-electron chi connectivity index (χ3n) is 8.14. The Hall–Kier alpha value is 0.620. The number of rotatable bonds is 17. The third-order valence-corrected chi connectivity index (χ3v) is 11.4. The summed E-state index contributed by atoms with van der Waals surface area (Å²) in [7, 11) is 0. The first kappa shape index (κ1) is 31.2. The average molecular weight is 622 g/mol. The highest BCUT2D eigenvalue weighted by molar-refractivity contribution is 6.52. The number of alkyl halides is 4. The van der Waals surface area contributed by atoms with Crippen molar-refractivity contribution in [2.24, 2.45) is 11.8 Å². The molecule has 1 heterocycles. The fourth-order valence-corrected chi connectivity index (χ4v) is 8.54. The molecule has 2 bridgehead atoms. The van der Waals surface area contributed by atoms with Crippen LogP contribution in [0.3, 0.4) is 0 Å². The van der Waals surface area contributed by atoms with Crippen molar-refractivity contribution < 1.29 is 9.59 Å². The molecular formula is C27H39Cl6NO2. The molecule has 1 saturated carbocycles. The second kappa shape index (κ2) is 13.3. The van der Waals surface area contributed by atoms with E-state index in [4.69, 9.17) is 69.6 Å². The number of carbonyl (C=O) groups is 2. The van der Waals surface area contributed by atoms with Crippen molar-refractivity contribution in [1.82, 2.24) is 4.90 Å². The number of imide groups is 1. The van der Waals surface area contributed by atoms with Crippen LogP contribution in [0.5, 0.6) is 0 Å². The van der Waals surface area contributed by atoms with Gasteiger partial charge in [-0.15, -0.1) is 46.4 Å². The Labute approximate surface area is 246 Å². The Bertz CT molecular complexity index is 791. The average Bonchev–Trinajstić information content (AvgIpc) is 3.31. The molecule has 4 atom stereocenters. The zero-order chi connectivity index (χ0) is 26.6. The van der Waals surface area contributed by atoms with Crippen LogP contribution in [0.15, 0.2) is 10.1 Å². The Kier molecular flexibility index (Phi) is 11.5. The fraction of sp³-hybridized carbons (Fsp3) is 0.852. The van der Waals surface area contributed by atoms with Crippen LogP contribution in [-0.2, 0) is 9.59 Å². The molecule has 1 saturated heterocycles. The lowest BCUT2D eigenvalue weighted by Crippen LogP contribution is -2.38. The van der Waals surface area contributed by atoms with Crippen molar-refractivity contribution in [3.63, 3.8) is 0 Å². The summed E-state index contributed by atoms with van der Waals surface area (Å²) in [5.41, 5.74) is 0. The number of hydrogen-bond donors (Lipinski definition) is 0. The van der Waals surface area contributed by atoms with Crippen molar-refractivity contribution in [3.8, 4) is 0 Å². The number of carbonyl (C=O) groups excluding carboxylic acids is 2. The van der Waals surface area contributed by atoms with E-state index in [1.54, 1.807) is 0 Å². The van der Waals surface area contributed by atoms with E-state index in [0.717, 1.165) is 51.4 Å². The molecule has 3 nitrogen and oxygen atoms in total. The van der Waals surface area contributed by atoms with Gasteiger partial charge in [0.2, 0.25) is 11.8 Å². The third kappa shape index (κ3) is 6.67. The van der Waals surface area contributed by atoms with E-state index >= 15 is 0 Å². The lowest BCUT2D eigenvalue weighted by Gasteiger charge is -2.29. The van der Waals surface area contributed by atoms with Gasteiger partial charge >= 0.3 is 0 Å². The molecule has 2 aliphatic carbocycles. The first-order valence-corrected chi connectivity index (χ1v) is 15.9. The molecule has 4 unspecified atom stereocenters. The fourth-order valence-electron chi connectivity index (χ4n) is 6.08. The SMILES string of the molecule is CCCCCCCCCCC(Cl)(Cl)CCCCCCCN1C(=O)C2C(C1=O)C1(Cl)CC2(Cl)C(Cl)=C1Cl. The van der Waals surface area contributed by atoms with Crippen molar-refractivity contribution in [3.05, 3.63) is 10.1 Å². The van der Waals surface area contributed by atoms with Crippen LogP contribution < -0.4 is 0 Å². The Balaban J connectivity index is 1.28. The summed E-state index contributed by atoms with van der Waals surface area (Å²) >= 11 is 39.1. The minimum absolute atomic E-state index is 0.210. The highest BCUT2D eigenvalue weighted by atomic mass is 35.5. The highest BCUT2D eigenvalue weighted by Crippen LogP contribution is 2.69. The number of unbranched alkanes of at least 4 members (excludes halogenated alkanes) is 11. The van der Waals surface area contributed by atoms with Gasteiger partial charge in [-0.25, -0.2) is 0 Å². The number of allylic oxidation sites excluding steroid dienone is 2. The summed E-state index contributed by atoms with van der Waals surface area (Å²) in [5, 5.41) is 0.421. The van der Waals surface area contributed by atoms with Gasteiger partial charge < -0.3 is 0 Å². The quantitative estimate of drug-likeness (QED) is 0.0921. The van der Waals surface area contributed by atoms with E-state index in [2.05, 4.69) is 6.92 Å².